The van der Waals surface area contributed by atoms with Gasteiger partial charge in [0.25, 0.3) is 0 Å². The number of ether oxygens (including phenoxy) is 3. The molecule has 228 valence electrons. The average Bonchev–Trinajstić information content (AvgIpc) is 3.40. The number of unbranched alkanes of at least 4 members (excludes halogenated alkanes) is 3. The monoisotopic (exact) mass is 623 g/mol. The summed E-state index contributed by atoms with van der Waals surface area (Å²) in [6.45, 7) is 6.22. The summed E-state index contributed by atoms with van der Waals surface area (Å²) in [4.78, 5) is 21.5. The summed E-state index contributed by atoms with van der Waals surface area (Å²) in [7, 11) is 0. The Morgan fingerprint density at radius 2 is 1.63 bits per heavy atom. The number of halogens is 2. The molecule has 0 saturated carbocycles. The SMILES string of the molecule is O=C(Oc1ccc(Cl)cc1)N1CCc2c([nH]c3c2C=C(Cl)CC3)C1c1ccc(OCCCCCCN2CCOCC2)cc1. The first-order valence-corrected chi connectivity index (χ1v) is 16.2. The molecule has 3 aromatic rings. The van der Waals surface area contributed by atoms with Crippen LogP contribution in [0.2, 0.25) is 5.02 Å². The number of allylic oxidation sites excluding steroid dienone is 1. The number of aromatic nitrogens is 1. The minimum absolute atomic E-state index is 0.318. The van der Waals surface area contributed by atoms with Crippen molar-refractivity contribution in [2.45, 2.75) is 51.0 Å². The van der Waals surface area contributed by atoms with Crippen LogP contribution in [-0.4, -0.2) is 66.9 Å². The molecule has 1 N–H and O–H groups in total. The van der Waals surface area contributed by atoms with E-state index in [-0.39, 0.29) is 6.04 Å². The molecule has 6 rings (SSSR count). The van der Waals surface area contributed by atoms with Crippen LogP contribution in [0.15, 0.2) is 53.6 Å². The third kappa shape index (κ3) is 7.40. The molecule has 7 nitrogen and oxygen atoms in total. The van der Waals surface area contributed by atoms with Crippen molar-refractivity contribution in [3.8, 4) is 11.5 Å². The molecule has 43 heavy (non-hydrogen) atoms. The van der Waals surface area contributed by atoms with Crippen LogP contribution in [0.25, 0.3) is 6.08 Å². The molecule has 0 radical (unpaired) electrons. The van der Waals surface area contributed by atoms with Crippen LogP contribution < -0.4 is 9.47 Å². The molecule has 1 saturated heterocycles. The number of carbonyl (C=O) groups is 1. The number of fused-ring (bicyclic) bond motifs is 3. The fraction of sp³-hybridized carbons (Fsp3) is 0.441. The summed E-state index contributed by atoms with van der Waals surface area (Å²) >= 11 is 12.5. The van der Waals surface area contributed by atoms with E-state index in [4.69, 9.17) is 37.4 Å². The third-order valence-electron chi connectivity index (χ3n) is 8.55. The van der Waals surface area contributed by atoms with Gasteiger partial charge in [-0.15, -0.1) is 0 Å². The summed E-state index contributed by atoms with van der Waals surface area (Å²) in [6.07, 6.45) is 8.72. The Hall–Kier alpha value is -2.97. The van der Waals surface area contributed by atoms with Gasteiger partial charge in [-0.3, -0.25) is 9.80 Å². The Morgan fingerprint density at radius 3 is 2.42 bits per heavy atom. The molecule has 1 aromatic heterocycles. The number of carbonyl (C=O) groups excluding carboxylic acids is 1. The van der Waals surface area contributed by atoms with Crippen molar-refractivity contribution in [3.63, 3.8) is 0 Å². The largest absolute Gasteiger partial charge is 0.494 e. The van der Waals surface area contributed by atoms with Gasteiger partial charge >= 0.3 is 6.09 Å². The van der Waals surface area contributed by atoms with E-state index >= 15 is 0 Å². The molecule has 1 atom stereocenters. The van der Waals surface area contributed by atoms with Crippen molar-refractivity contribution in [1.82, 2.24) is 14.8 Å². The van der Waals surface area contributed by atoms with E-state index in [9.17, 15) is 4.79 Å². The highest BCUT2D eigenvalue weighted by atomic mass is 35.5. The van der Waals surface area contributed by atoms with Gasteiger partial charge in [-0.2, -0.15) is 0 Å². The fourth-order valence-corrected chi connectivity index (χ4v) is 6.58. The molecular formula is C34H39Cl2N3O4. The second-order valence-corrected chi connectivity index (χ2v) is 12.4. The van der Waals surface area contributed by atoms with Gasteiger partial charge in [0.1, 0.15) is 17.5 Å². The van der Waals surface area contributed by atoms with Gasteiger partial charge in [0, 0.05) is 41.1 Å². The number of aromatic amines is 1. The molecule has 2 aliphatic heterocycles. The lowest BCUT2D eigenvalue weighted by molar-refractivity contribution is 0.0371. The van der Waals surface area contributed by atoms with E-state index in [0.29, 0.717) is 23.9 Å². The Labute approximate surface area is 263 Å². The van der Waals surface area contributed by atoms with Crippen LogP contribution in [0.4, 0.5) is 4.79 Å². The quantitative estimate of drug-likeness (QED) is 0.235. The predicted octanol–water partition coefficient (Wildman–Crippen LogP) is 7.61. The maximum Gasteiger partial charge on any atom is 0.416 e. The highest BCUT2D eigenvalue weighted by molar-refractivity contribution is 6.31. The zero-order valence-electron chi connectivity index (χ0n) is 24.5. The minimum Gasteiger partial charge on any atom is -0.494 e. The molecule has 9 heteroatoms. The molecule has 1 amide bonds. The van der Waals surface area contributed by atoms with Gasteiger partial charge < -0.3 is 19.2 Å². The van der Waals surface area contributed by atoms with E-state index < -0.39 is 6.09 Å². The van der Waals surface area contributed by atoms with Crippen molar-refractivity contribution in [2.75, 3.05) is 46.0 Å². The van der Waals surface area contributed by atoms with E-state index in [0.717, 1.165) is 87.0 Å². The van der Waals surface area contributed by atoms with Gasteiger partial charge in [0.2, 0.25) is 0 Å². The van der Waals surface area contributed by atoms with Crippen molar-refractivity contribution in [3.05, 3.63) is 86.7 Å². The van der Waals surface area contributed by atoms with Gasteiger partial charge in [-0.1, -0.05) is 48.2 Å². The average molecular weight is 625 g/mol. The van der Waals surface area contributed by atoms with Crippen molar-refractivity contribution >= 4 is 35.4 Å². The highest BCUT2D eigenvalue weighted by Crippen LogP contribution is 2.41. The van der Waals surface area contributed by atoms with Crippen LogP contribution in [-0.2, 0) is 17.6 Å². The molecule has 1 aliphatic carbocycles. The Bertz CT molecular complexity index is 1410. The minimum atomic E-state index is -0.395. The summed E-state index contributed by atoms with van der Waals surface area (Å²) in [6, 6.07) is 14.7. The molecule has 0 spiro atoms. The number of nitrogens with one attached hydrogen (secondary N) is 1. The maximum atomic E-state index is 13.5. The Balaban J connectivity index is 1.11. The number of nitrogens with zero attached hydrogens (tertiary/aromatic N) is 2. The molecule has 1 unspecified atom stereocenters. The number of hydrogen-bond acceptors (Lipinski definition) is 5. The number of H-pyrrole nitrogens is 1. The van der Waals surface area contributed by atoms with Crippen LogP contribution in [0, 0.1) is 0 Å². The van der Waals surface area contributed by atoms with E-state index in [1.54, 1.807) is 29.2 Å². The summed E-state index contributed by atoms with van der Waals surface area (Å²) in [5, 5.41) is 1.46. The van der Waals surface area contributed by atoms with Crippen molar-refractivity contribution in [2.24, 2.45) is 0 Å². The smallest absolute Gasteiger partial charge is 0.416 e. The summed E-state index contributed by atoms with van der Waals surface area (Å²) in [5.41, 5.74) is 5.60. The number of benzene rings is 2. The van der Waals surface area contributed by atoms with Gasteiger partial charge in [-0.25, -0.2) is 4.79 Å². The van der Waals surface area contributed by atoms with Crippen molar-refractivity contribution in [1.29, 1.82) is 0 Å². The Kier molecular flexibility index (Phi) is 9.94. The number of hydrogen-bond donors (Lipinski definition) is 1. The standard InChI is InChI=1S/C34H39Cl2N3O4/c35-25-7-12-28(13-8-25)43-34(40)39-17-15-29-30-23-26(36)9-14-31(30)37-32(29)33(39)24-5-10-27(11-6-24)42-20-4-2-1-3-16-38-18-21-41-22-19-38/h5-8,10-13,23,33,37H,1-4,9,14-22H2. The van der Waals surface area contributed by atoms with Gasteiger partial charge in [0.15, 0.2) is 0 Å². The second-order valence-electron chi connectivity index (χ2n) is 11.5. The zero-order valence-corrected chi connectivity index (χ0v) is 26.0. The van der Waals surface area contributed by atoms with Crippen LogP contribution in [0.1, 0.15) is 66.2 Å². The van der Waals surface area contributed by atoms with Crippen LogP contribution in [0.3, 0.4) is 0 Å². The normalized spacial score (nSPS) is 18.5. The fourth-order valence-electron chi connectivity index (χ4n) is 6.25. The zero-order chi connectivity index (χ0) is 29.6. The van der Waals surface area contributed by atoms with E-state index in [1.807, 2.05) is 12.1 Å². The van der Waals surface area contributed by atoms with E-state index in [1.165, 1.54) is 29.7 Å². The van der Waals surface area contributed by atoms with Gasteiger partial charge in [0.05, 0.1) is 19.8 Å². The lowest BCUT2D eigenvalue weighted by Crippen LogP contribution is -2.42. The van der Waals surface area contributed by atoms with Crippen LogP contribution in [0.5, 0.6) is 11.5 Å². The Morgan fingerprint density at radius 1 is 0.884 bits per heavy atom. The maximum absolute atomic E-state index is 13.5. The second kappa shape index (κ2) is 14.2. The molecular weight excluding hydrogens is 585 g/mol. The lowest BCUT2D eigenvalue weighted by atomic mass is 9.90. The predicted molar refractivity (Wildman–Crippen MR) is 170 cm³/mol. The number of amides is 1. The lowest BCUT2D eigenvalue weighted by Gasteiger charge is -2.35. The van der Waals surface area contributed by atoms with Crippen molar-refractivity contribution < 1.29 is 19.0 Å². The summed E-state index contributed by atoms with van der Waals surface area (Å²) < 4.78 is 17.3. The topological polar surface area (TPSA) is 67.0 Å². The summed E-state index contributed by atoms with van der Waals surface area (Å²) in [5.74, 6) is 1.30. The molecule has 1 fully saturated rings. The number of morpholine rings is 1. The first-order chi connectivity index (χ1) is 21.0. The highest BCUT2D eigenvalue weighted by Gasteiger charge is 2.37. The molecule has 0 bridgehead atoms. The molecule has 3 aliphatic rings. The third-order valence-corrected chi connectivity index (χ3v) is 9.10. The van der Waals surface area contributed by atoms with Crippen LogP contribution >= 0.6 is 23.2 Å². The first kappa shape index (κ1) is 30.1. The number of aryl methyl sites for hydroxylation is 1. The molecule has 3 heterocycles. The van der Waals surface area contributed by atoms with Gasteiger partial charge in [-0.05, 0) is 97.8 Å². The number of rotatable bonds is 10. The first-order valence-electron chi connectivity index (χ1n) is 15.4. The molecule has 2 aromatic carbocycles. The van der Waals surface area contributed by atoms with E-state index in [2.05, 4.69) is 28.1 Å².